The summed E-state index contributed by atoms with van der Waals surface area (Å²) in [4.78, 5) is 28.9. The summed E-state index contributed by atoms with van der Waals surface area (Å²) in [5, 5.41) is 3.76. The fraction of sp³-hybridized carbons (Fsp3) is 0.333. The van der Waals surface area contributed by atoms with Gasteiger partial charge in [0.1, 0.15) is 11.8 Å². The van der Waals surface area contributed by atoms with Crippen molar-refractivity contribution in [2.24, 2.45) is 0 Å². The summed E-state index contributed by atoms with van der Waals surface area (Å²) >= 11 is 6.08. The van der Waals surface area contributed by atoms with Crippen LogP contribution in [-0.4, -0.2) is 35.4 Å². The average Bonchev–Trinajstić information content (AvgIpc) is 3.39. The van der Waals surface area contributed by atoms with Crippen LogP contribution in [0, 0.1) is 6.92 Å². The second-order valence-corrected chi connectivity index (χ2v) is 9.89. The van der Waals surface area contributed by atoms with Crippen LogP contribution in [0.1, 0.15) is 42.4 Å². The van der Waals surface area contributed by atoms with E-state index in [-0.39, 0.29) is 24.5 Å². The van der Waals surface area contributed by atoms with Gasteiger partial charge in [0, 0.05) is 24.0 Å². The lowest BCUT2D eigenvalue weighted by atomic mass is 10.0. The topological polar surface area (TPSA) is 58.6 Å². The first kappa shape index (κ1) is 25.8. The van der Waals surface area contributed by atoms with Gasteiger partial charge < -0.3 is 15.0 Å². The molecule has 0 aliphatic heterocycles. The van der Waals surface area contributed by atoms with E-state index in [0.717, 1.165) is 42.4 Å². The third kappa shape index (κ3) is 7.34. The van der Waals surface area contributed by atoms with Gasteiger partial charge in [0.2, 0.25) is 5.91 Å². The average molecular weight is 505 g/mol. The Labute approximate surface area is 218 Å². The Hall–Kier alpha value is -3.31. The fourth-order valence-corrected chi connectivity index (χ4v) is 4.78. The number of hydrogen-bond acceptors (Lipinski definition) is 3. The largest absolute Gasteiger partial charge is 0.484 e. The maximum Gasteiger partial charge on any atom is 0.261 e. The van der Waals surface area contributed by atoms with Crippen LogP contribution in [0.15, 0.2) is 78.9 Å². The molecular weight excluding hydrogens is 472 g/mol. The number of carbonyl (C=O) groups excluding carboxylic acids is 2. The molecule has 1 saturated carbocycles. The molecule has 0 unspecified atom stereocenters. The Bertz CT molecular complexity index is 1140. The molecule has 188 valence electrons. The Morgan fingerprint density at radius 2 is 1.69 bits per heavy atom. The highest BCUT2D eigenvalue weighted by Gasteiger charge is 2.32. The zero-order chi connectivity index (χ0) is 25.3. The molecule has 3 aromatic rings. The Morgan fingerprint density at radius 3 is 2.39 bits per heavy atom. The SMILES string of the molecule is Cc1ccc(CN(C(=O)COc2cccc(Cl)c2)[C@@H](Cc2ccccc2)C(=O)NC2CCCC2)cc1. The number of hydrogen-bond donors (Lipinski definition) is 1. The van der Waals surface area contributed by atoms with Crippen molar-refractivity contribution in [3.8, 4) is 5.75 Å². The summed E-state index contributed by atoms with van der Waals surface area (Å²) in [6, 6.07) is 24.4. The lowest BCUT2D eigenvalue weighted by Crippen LogP contribution is -2.53. The van der Waals surface area contributed by atoms with Gasteiger partial charge in [-0.25, -0.2) is 0 Å². The van der Waals surface area contributed by atoms with E-state index in [1.807, 2.05) is 61.5 Å². The maximum absolute atomic E-state index is 13.6. The lowest BCUT2D eigenvalue weighted by molar-refractivity contribution is -0.143. The monoisotopic (exact) mass is 504 g/mol. The molecule has 0 spiro atoms. The number of nitrogens with zero attached hydrogens (tertiary/aromatic N) is 1. The van der Waals surface area contributed by atoms with E-state index in [2.05, 4.69) is 5.32 Å². The predicted molar refractivity (Wildman–Crippen MR) is 143 cm³/mol. The minimum atomic E-state index is -0.662. The van der Waals surface area contributed by atoms with Crippen molar-refractivity contribution in [3.63, 3.8) is 0 Å². The molecular formula is C30H33ClN2O3. The molecule has 1 fully saturated rings. The molecule has 4 rings (SSSR count). The molecule has 0 heterocycles. The number of aryl methyl sites for hydroxylation is 1. The second-order valence-electron chi connectivity index (χ2n) is 9.45. The van der Waals surface area contributed by atoms with Crippen LogP contribution in [0.25, 0.3) is 0 Å². The molecule has 0 radical (unpaired) electrons. The van der Waals surface area contributed by atoms with Gasteiger partial charge in [-0.1, -0.05) is 90.7 Å². The summed E-state index contributed by atoms with van der Waals surface area (Å²) in [5.74, 6) is 0.146. The summed E-state index contributed by atoms with van der Waals surface area (Å²) < 4.78 is 5.79. The standard InChI is InChI=1S/C30H33ClN2O3/c1-22-14-16-24(17-15-22)20-33(29(34)21-36-27-13-7-10-25(31)19-27)28(18-23-8-3-2-4-9-23)30(35)32-26-11-5-6-12-26/h2-4,7-10,13-17,19,26,28H,5-6,11-12,18,20-21H2,1H3,(H,32,35)/t28-/m0/s1. The van der Waals surface area contributed by atoms with Crippen molar-refractivity contribution in [1.29, 1.82) is 0 Å². The number of amides is 2. The van der Waals surface area contributed by atoms with Gasteiger partial charge in [-0.3, -0.25) is 9.59 Å². The first-order valence-corrected chi connectivity index (χ1v) is 12.9. The van der Waals surface area contributed by atoms with Crippen LogP contribution in [-0.2, 0) is 22.6 Å². The molecule has 2 amide bonds. The van der Waals surface area contributed by atoms with E-state index in [9.17, 15) is 9.59 Å². The number of rotatable bonds is 10. The molecule has 0 aromatic heterocycles. The first-order valence-electron chi connectivity index (χ1n) is 12.6. The van der Waals surface area contributed by atoms with Crippen molar-refractivity contribution in [1.82, 2.24) is 10.2 Å². The highest BCUT2D eigenvalue weighted by Crippen LogP contribution is 2.21. The highest BCUT2D eigenvalue weighted by molar-refractivity contribution is 6.30. The summed E-state index contributed by atoms with van der Waals surface area (Å²) in [6.07, 6.45) is 4.62. The van der Waals surface area contributed by atoms with Crippen molar-refractivity contribution in [2.45, 2.75) is 57.7 Å². The quantitative estimate of drug-likeness (QED) is 0.384. The van der Waals surface area contributed by atoms with Crippen molar-refractivity contribution < 1.29 is 14.3 Å². The summed E-state index contributed by atoms with van der Waals surface area (Å²) in [5.41, 5.74) is 3.10. The number of carbonyl (C=O) groups is 2. The fourth-order valence-electron chi connectivity index (χ4n) is 4.60. The van der Waals surface area contributed by atoms with E-state index >= 15 is 0 Å². The Kier molecular flexibility index (Phi) is 9.01. The van der Waals surface area contributed by atoms with Gasteiger partial charge in [-0.15, -0.1) is 0 Å². The zero-order valence-corrected chi connectivity index (χ0v) is 21.4. The summed E-state index contributed by atoms with van der Waals surface area (Å²) in [7, 11) is 0. The molecule has 1 aliphatic rings. The molecule has 0 saturated heterocycles. The van der Waals surface area contributed by atoms with E-state index < -0.39 is 6.04 Å². The van der Waals surface area contributed by atoms with Crippen LogP contribution >= 0.6 is 11.6 Å². The van der Waals surface area contributed by atoms with Crippen molar-refractivity contribution >= 4 is 23.4 Å². The maximum atomic E-state index is 13.6. The van der Waals surface area contributed by atoms with Crippen molar-refractivity contribution in [3.05, 3.63) is 101 Å². The van der Waals surface area contributed by atoms with Gasteiger partial charge in [0.25, 0.3) is 5.91 Å². The zero-order valence-electron chi connectivity index (χ0n) is 20.7. The van der Waals surface area contributed by atoms with Crippen LogP contribution in [0.4, 0.5) is 0 Å². The number of nitrogens with one attached hydrogen (secondary N) is 1. The first-order chi connectivity index (χ1) is 17.5. The summed E-state index contributed by atoms with van der Waals surface area (Å²) in [6.45, 7) is 2.15. The van der Waals surface area contributed by atoms with Gasteiger partial charge in [0.15, 0.2) is 6.61 Å². The molecule has 1 atom stereocenters. The number of benzene rings is 3. The van der Waals surface area contributed by atoms with E-state index in [1.165, 1.54) is 0 Å². The molecule has 1 aliphatic carbocycles. The van der Waals surface area contributed by atoms with Gasteiger partial charge >= 0.3 is 0 Å². The van der Waals surface area contributed by atoms with Gasteiger partial charge in [0.05, 0.1) is 0 Å². The minimum Gasteiger partial charge on any atom is -0.484 e. The Morgan fingerprint density at radius 1 is 0.972 bits per heavy atom. The van der Waals surface area contributed by atoms with E-state index in [4.69, 9.17) is 16.3 Å². The third-order valence-electron chi connectivity index (χ3n) is 6.60. The molecule has 6 heteroatoms. The normalized spacial score (nSPS) is 14.3. The Balaban J connectivity index is 1.60. The molecule has 36 heavy (non-hydrogen) atoms. The number of halogens is 1. The lowest BCUT2D eigenvalue weighted by Gasteiger charge is -2.32. The van der Waals surface area contributed by atoms with Crippen LogP contribution in [0.2, 0.25) is 5.02 Å². The second kappa shape index (κ2) is 12.6. The van der Waals surface area contributed by atoms with E-state index in [1.54, 1.807) is 29.2 Å². The van der Waals surface area contributed by atoms with Crippen molar-refractivity contribution in [2.75, 3.05) is 6.61 Å². The smallest absolute Gasteiger partial charge is 0.261 e. The van der Waals surface area contributed by atoms with Gasteiger partial charge in [-0.05, 0) is 49.1 Å². The highest BCUT2D eigenvalue weighted by atomic mass is 35.5. The molecule has 5 nitrogen and oxygen atoms in total. The number of ether oxygens (including phenoxy) is 1. The van der Waals surface area contributed by atoms with Gasteiger partial charge in [-0.2, -0.15) is 0 Å². The molecule has 3 aromatic carbocycles. The minimum absolute atomic E-state index is 0.117. The molecule has 0 bridgehead atoms. The van der Waals surface area contributed by atoms with Crippen LogP contribution in [0.3, 0.4) is 0 Å². The third-order valence-corrected chi connectivity index (χ3v) is 6.84. The van der Waals surface area contributed by atoms with Crippen LogP contribution in [0.5, 0.6) is 5.75 Å². The van der Waals surface area contributed by atoms with Crippen LogP contribution < -0.4 is 10.1 Å². The predicted octanol–water partition coefficient (Wildman–Crippen LogP) is 5.73. The molecule has 1 N–H and O–H groups in total. The van der Waals surface area contributed by atoms with E-state index in [0.29, 0.717) is 23.7 Å².